The van der Waals surface area contributed by atoms with Gasteiger partial charge >= 0.3 is 0 Å². The topological polar surface area (TPSA) is 115 Å². The highest BCUT2D eigenvalue weighted by Crippen LogP contribution is 2.30. The highest BCUT2D eigenvalue weighted by atomic mass is 16.2. The first-order valence-corrected chi connectivity index (χ1v) is 9.99. The zero-order valence-corrected chi connectivity index (χ0v) is 16.9. The number of aromatic nitrogens is 5. The first-order chi connectivity index (χ1) is 15.1. The third-order valence-electron chi connectivity index (χ3n) is 5.40. The van der Waals surface area contributed by atoms with Crippen molar-refractivity contribution in [2.75, 3.05) is 5.73 Å². The fraction of sp³-hybridized carbons (Fsp3) is 0.130. The molecule has 0 aliphatic rings. The van der Waals surface area contributed by atoms with Crippen LogP contribution < -0.4 is 11.1 Å². The number of carbonyl (C=O) groups is 1. The fourth-order valence-electron chi connectivity index (χ4n) is 3.63. The number of aromatic amines is 1. The molecule has 0 spiro atoms. The second-order valence-electron chi connectivity index (χ2n) is 7.45. The predicted molar refractivity (Wildman–Crippen MR) is 120 cm³/mol. The van der Waals surface area contributed by atoms with E-state index >= 15 is 0 Å². The number of amides is 1. The van der Waals surface area contributed by atoms with Crippen LogP contribution in [0, 0.1) is 0 Å². The van der Waals surface area contributed by atoms with E-state index in [0.717, 1.165) is 38.6 Å². The van der Waals surface area contributed by atoms with Crippen molar-refractivity contribution in [1.29, 1.82) is 0 Å². The number of rotatable bonds is 5. The van der Waals surface area contributed by atoms with E-state index in [0.29, 0.717) is 12.4 Å². The normalized spacial score (nSPS) is 12.3. The van der Waals surface area contributed by atoms with Crippen LogP contribution in [0.15, 0.2) is 67.0 Å². The van der Waals surface area contributed by atoms with Crippen molar-refractivity contribution in [1.82, 2.24) is 30.3 Å². The molecule has 0 saturated carbocycles. The Labute approximate surface area is 178 Å². The predicted octanol–water partition coefficient (Wildman–Crippen LogP) is 3.43. The van der Waals surface area contributed by atoms with Crippen molar-refractivity contribution in [3.8, 4) is 11.3 Å². The third-order valence-corrected chi connectivity index (χ3v) is 5.40. The lowest BCUT2D eigenvalue weighted by atomic mass is 10.1. The van der Waals surface area contributed by atoms with Crippen LogP contribution in [0.25, 0.3) is 33.1 Å². The highest BCUT2D eigenvalue weighted by molar-refractivity contribution is 6.08. The maximum Gasteiger partial charge on any atom is 0.244 e. The van der Waals surface area contributed by atoms with Gasteiger partial charge in [0, 0.05) is 29.9 Å². The van der Waals surface area contributed by atoms with Gasteiger partial charge in [0.1, 0.15) is 17.4 Å². The summed E-state index contributed by atoms with van der Waals surface area (Å²) in [6.07, 6.45) is 3.49. The third kappa shape index (κ3) is 3.48. The van der Waals surface area contributed by atoms with Crippen molar-refractivity contribution in [2.24, 2.45) is 0 Å². The number of H-pyrrole nitrogens is 1. The first kappa shape index (κ1) is 18.8. The minimum Gasteiger partial charge on any atom is -0.383 e. The van der Waals surface area contributed by atoms with Gasteiger partial charge in [-0.2, -0.15) is 10.2 Å². The Balaban J connectivity index is 1.46. The van der Waals surface area contributed by atoms with E-state index in [1.165, 1.54) is 0 Å². The molecule has 0 aliphatic heterocycles. The van der Waals surface area contributed by atoms with Gasteiger partial charge in [-0.15, -0.1) is 0 Å². The van der Waals surface area contributed by atoms with Gasteiger partial charge in [-0.05, 0) is 30.7 Å². The molecule has 8 nitrogen and oxygen atoms in total. The number of benzene rings is 2. The van der Waals surface area contributed by atoms with E-state index in [9.17, 15) is 4.79 Å². The highest BCUT2D eigenvalue weighted by Gasteiger charge is 2.19. The molecule has 31 heavy (non-hydrogen) atoms. The summed E-state index contributed by atoms with van der Waals surface area (Å²) in [5.41, 5.74) is 10.6. The van der Waals surface area contributed by atoms with Gasteiger partial charge in [-0.3, -0.25) is 14.6 Å². The monoisotopic (exact) mass is 411 g/mol. The average Bonchev–Trinajstić information content (AvgIpc) is 3.48. The Kier molecular flexibility index (Phi) is 4.59. The number of nitrogen functional groups attached to an aromatic ring is 1. The fourth-order valence-corrected chi connectivity index (χ4v) is 3.63. The van der Waals surface area contributed by atoms with Gasteiger partial charge in [-0.1, -0.05) is 36.4 Å². The number of carbonyl (C=O) groups excluding carboxylic acids is 1. The summed E-state index contributed by atoms with van der Waals surface area (Å²) < 4.78 is 1.64. The quantitative estimate of drug-likeness (QED) is 0.410. The van der Waals surface area contributed by atoms with Gasteiger partial charge in [0.2, 0.25) is 5.91 Å². The molecule has 4 N–H and O–H groups in total. The molecule has 0 aliphatic carbocycles. The standard InChI is InChI=1S/C23H21N7O/c1-14(23(31)25-12-15-5-3-2-4-6-15)30-13-18-21(29-30)17-8-7-16(19-9-10-26-28-19)11-20(17)27-22(18)24/h2-11,13-14H,12H2,1H3,(H2,24,27)(H,25,31)(H,26,28). The molecule has 1 amide bonds. The van der Waals surface area contributed by atoms with E-state index in [1.807, 2.05) is 61.5 Å². The van der Waals surface area contributed by atoms with Crippen molar-refractivity contribution in [2.45, 2.75) is 19.5 Å². The van der Waals surface area contributed by atoms with Crippen molar-refractivity contribution >= 4 is 33.5 Å². The van der Waals surface area contributed by atoms with Crippen molar-refractivity contribution in [3.05, 3.63) is 72.6 Å². The van der Waals surface area contributed by atoms with E-state index in [1.54, 1.807) is 17.1 Å². The summed E-state index contributed by atoms with van der Waals surface area (Å²) >= 11 is 0. The number of anilines is 1. The maximum absolute atomic E-state index is 12.7. The summed E-state index contributed by atoms with van der Waals surface area (Å²) in [6, 6.07) is 17.1. The number of hydrogen-bond donors (Lipinski definition) is 3. The lowest BCUT2D eigenvalue weighted by Crippen LogP contribution is -2.30. The lowest BCUT2D eigenvalue weighted by Gasteiger charge is -2.12. The number of nitrogens with one attached hydrogen (secondary N) is 2. The van der Waals surface area contributed by atoms with Crippen LogP contribution in [0.3, 0.4) is 0 Å². The van der Waals surface area contributed by atoms with Crippen LogP contribution in [0.2, 0.25) is 0 Å². The molecule has 0 bridgehead atoms. The number of nitrogens with two attached hydrogens (primary N) is 1. The maximum atomic E-state index is 12.7. The molecule has 0 fully saturated rings. The van der Waals surface area contributed by atoms with Crippen LogP contribution in [-0.4, -0.2) is 30.9 Å². The van der Waals surface area contributed by atoms with Crippen molar-refractivity contribution in [3.63, 3.8) is 0 Å². The van der Waals surface area contributed by atoms with Gasteiger partial charge in [0.05, 0.1) is 16.6 Å². The summed E-state index contributed by atoms with van der Waals surface area (Å²) in [7, 11) is 0. The molecule has 154 valence electrons. The molecular formula is C23H21N7O. The Hall–Kier alpha value is -4.20. The molecule has 0 radical (unpaired) electrons. The van der Waals surface area contributed by atoms with Gasteiger partial charge in [0.15, 0.2) is 0 Å². The van der Waals surface area contributed by atoms with Crippen LogP contribution in [0.5, 0.6) is 0 Å². The molecular weight excluding hydrogens is 390 g/mol. The Morgan fingerprint density at radius 3 is 2.77 bits per heavy atom. The van der Waals surface area contributed by atoms with Crippen LogP contribution in [0.4, 0.5) is 5.82 Å². The first-order valence-electron chi connectivity index (χ1n) is 9.99. The second-order valence-corrected chi connectivity index (χ2v) is 7.45. The average molecular weight is 411 g/mol. The number of hydrogen-bond acceptors (Lipinski definition) is 5. The zero-order chi connectivity index (χ0) is 21.4. The van der Waals surface area contributed by atoms with Crippen LogP contribution in [0.1, 0.15) is 18.5 Å². The SMILES string of the molecule is CC(C(=O)NCc1ccccc1)n1cc2c(N)nc3cc(-c4ccn[nH]4)ccc3c2n1. The van der Waals surface area contributed by atoms with Gasteiger partial charge in [0.25, 0.3) is 0 Å². The van der Waals surface area contributed by atoms with E-state index in [-0.39, 0.29) is 5.91 Å². The molecule has 5 aromatic rings. The lowest BCUT2D eigenvalue weighted by molar-refractivity contribution is -0.124. The number of fused-ring (bicyclic) bond motifs is 3. The molecule has 0 saturated heterocycles. The van der Waals surface area contributed by atoms with E-state index in [4.69, 9.17) is 5.73 Å². The smallest absolute Gasteiger partial charge is 0.244 e. The molecule has 2 aromatic carbocycles. The zero-order valence-electron chi connectivity index (χ0n) is 16.9. The Morgan fingerprint density at radius 1 is 1.16 bits per heavy atom. The summed E-state index contributed by atoms with van der Waals surface area (Å²) in [6.45, 7) is 2.28. The summed E-state index contributed by atoms with van der Waals surface area (Å²) in [5, 5.41) is 16.2. The molecule has 8 heteroatoms. The minimum atomic E-state index is -0.491. The summed E-state index contributed by atoms with van der Waals surface area (Å²) in [4.78, 5) is 17.2. The summed E-state index contributed by atoms with van der Waals surface area (Å²) in [5.74, 6) is 0.265. The molecule has 5 rings (SSSR count). The molecule has 1 unspecified atom stereocenters. The molecule has 1 atom stereocenters. The van der Waals surface area contributed by atoms with Gasteiger partial charge < -0.3 is 11.1 Å². The van der Waals surface area contributed by atoms with Crippen molar-refractivity contribution < 1.29 is 4.79 Å². The Morgan fingerprint density at radius 2 is 2.00 bits per heavy atom. The van der Waals surface area contributed by atoms with Gasteiger partial charge in [-0.25, -0.2) is 4.98 Å². The molecule has 3 aromatic heterocycles. The second kappa shape index (κ2) is 7.56. The number of pyridine rings is 1. The molecule has 3 heterocycles. The van der Waals surface area contributed by atoms with Crippen LogP contribution >= 0.6 is 0 Å². The van der Waals surface area contributed by atoms with E-state index < -0.39 is 6.04 Å². The number of nitrogens with zero attached hydrogens (tertiary/aromatic N) is 4. The van der Waals surface area contributed by atoms with Crippen LogP contribution in [-0.2, 0) is 11.3 Å². The van der Waals surface area contributed by atoms with E-state index in [2.05, 4.69) is 25.6 Å². The Bertz CT molecular complexity index is 1370. The minimum absolute atomic E-state index is 0.117. The largest absolute Gasteiger partial charge is 0.383 e.